The molecule has 2 unspecified atom stereocenters. The predicted molar refractivity (Wildman–Crippen MR) is 86.7 cm³/mol. The number of carbonyl (C=O) groups excluding carboxylic acids is 2. The minimum Gasteiger partial charge on any atom is -0.469 e. The molecule has 8 heteroatoms. The lowest BCUT2D eigenvalue weighted by Crippen LogP contribution is -2.35. The summed E-state index contributed by atoms with van der Waals surface area (Å²) in [5.74, 6) is -2.54. The molecule has 0 N–H and O–H groups in total. The Hall–Kier alpha value is -1.04. The van der Waals surface area contributed by atoms with Crippen molar-refractivity contribution in [3.8, 4) is 0 Å². The van der Waals surface area contributed by atoms with E-state index in [2.05, 4.69) is 4.99 Å². The van der Waals surface area contributed by atoms with Gasteiger partial charge in [0.05, 0.1) is 26.0 Å². The van der Waals surface area contributed by atoms with Crippen LogP contribution in [0, 0.1) is 11.3 Å². The van der Waals surface area contributed by atoms with Crippen LogP contribution in [0.15, 0.2) is 4.99 Å². The molecule has 0 aromatic rings. The van der Waals surface area contributed by atoms with Gasteiger partial charge >= 0.3 is 13.6 Å². The Morgan fingerprint density at radius 1 is 1.22 bits per heavy atom. The summed E-state index contributed by atoms with van der Waals surface area (Å²) in [5.41, 5.74) is -0.615. The molecule has 0 radical (unpaired) electrons. The zero-order valence-corrected chi connectivity index (χ0v) is 15.5. The van der Waals surface area contributed by atoms with Crippen LogP contribution in [0.25, 0.3) is 0 Å². The quantitative estimate of drug-likeness (QED) is 0.519. The maximum atomic E-state index is 12.9. The van der Waals surface area contributed by atoms with Crippen molar-refractivity contribution >= 4 is 25.1 Å². The molecule has 0 spiro atoms. The lowest BCUT2D eigenvalue weighted by Gasteiger charge is -2.21. The Morgan fingerprint density at radius 2 is 1.74 bits per heavy atom. The molecule has 0 fully saturated rings. The first kappa shape index (κ1) is 20.0. The summed E-state index contributed by atoms with van der Waals surface area (Å²) in [4.78, 5) is 28.9. The number of methoxy groups -OCH3 is 1. The molecule has 0 aromatic carbocycles. The Labute approximate surface area is 137 Å². The number of ketones is 1. The minimum absolute atomic E-state index is 0.0844. The summed E-state index contributed by atoms with van der Waals surface area (Å²) in [6.45, 7) is 8.99. The molecule has 0 saturated heterocycles. The highest BCUT2D eigenvalue weighted by atomic mass is 31.2. The molecule has 2 atom stereocenters. The summed E-state index contributed by atoms with van der Waals surface area (Å²) in [7, 11) is -2.28. The SMILES string of the molecule is CCOP(=O)(OCC)C1CC(C(=O)OC)C(C(=O)C(C)(C)C)=N1. The predicted octanol–water partition coefficient (Wildman–Crippen LogP) is 2.83. The Balaban J connectivity index is 3.23. The van der Waals surface area contributed by atoms with Gasteiger partial charge in [-0.2, -0.15) is 0 Å². The van der Waals surface area contributed by atoms with Gasteiger partial charge in [0.25, 0.3) is 0 Å². The van der Waals surface area contributed by atoms with Gasteiger partial charge in [-0.25, -0.2) is 0 Å². The van der Waals surface area contributed by atoms with E-state index >= 15 is 0 Å². The topological polar surface area (TPSA) is 91.3 Å². The van der Waals surface area contributed by atoms with E-state index < -0.39 is 30.7 Å². The molecule has 0 amide bonds. The highest BCUT2D eigenvalue weighted by molar-refractivity contribution is 7.54. The van der Waals surface area contributed by atoms with Crippen LogP contribution in [0.3, 0.4) is 0 Å². The van der Waals surface area contributed by atoms with Gasteiger partial charge in [0.2, 0.25) is 0 Å². The van der Waals surface area contributed by atoms with E-state index in [1.54, 1.807) is 34.6 Å². The zero-order chi connectivity index (χ0) is 17.8. The summed E-state index contributed by atoms with van der Waals surface area (Å²) >= 11 is 0. The second-order valence-electron chi connectivity index (χ2n) is 6.26. The van der Waals surface area contributed by atoms with Crippen molar-refractivity contribution in [1.82, 2.24) is 0 Å². The Bertz CT molecular complexity index is 527. The molecule has 1 heterocycles. The summed E-state index contributed by atoms with van der Waals surface area (Å²) in [5, 5.41) is 0. The van der Waals surface area contributed by atoms with Gasteiger partial charge in [-0.05, 0) is 13.8 Å². The van der Waals surface area contributed by atoms with Crippen LogP contribution in [-0.2, 0) is 27.9 Å². The molecule has 0 saturated carbocycles. The van der Waals surface area contributed by atoms with Gasteiger partial charge in [0.1, 0.15) is 5.92 Å². The molecule has 23 heavy (non-hydrogen) atoms. The fourth-order valence-electron chi connectivity index (χ4n) is 2.35. The molecule has 1 rings (SSSR count). The molecule has 132 valence electrons. The maximum Gasteiger partial charge on any atom is 0.354 e. The van der Waals surface area contributed by atoms with Crippen LogP contribution in [0.1, 0.15) is 41.0 Å². The van der Waals surface area contributed by atoms with E-state index in [0.717, 1.165) is 0 Å². The van der Waals surface area contributed by atoms with Gasteiger partial charge in [0.15, 0.2) is 11.6 Å². The third-order valence-corrected chi connectivity index (χ3v) is 5.74. The average molecular weight is 347 g/mol. The first-order valence-corrected chi connectivity index (χ1v) is 9.31. The molecular weight excluding hydrogens is 321 g/mol. The lowest BCUT2D eigenvalue weighted by atomic mass is 9.84. The third kappa shape index (κ3) is 4.49. The maximum absolute atomic E-state index is 12.9. The van der Waals surface area contributed by atoms with Crippen molar-refractivity contribution < 1.29 is 27.9 Å². The highest BCUT2D eigenvalue weighted by Crippen LogP contribution is 2.57. The van der Waals surface area contributed by atoms with E-state index in [4.69, 9.17) is 13.8 Å². The summed E-state index contributed by atoms with van der Waals surface area (Å²) in [6, 6.07) is 0. The van der Waals surface area contributed by atoms with Crippen LogP contribution in [0.5, 0.6) is 0 Å². The highest BCUT2D eigenvalue weighted by Gasteiger charge is 2.48. The van der Waals surface area contributed by atoms with E-state index in [1.807, 2.05) is 0 Å². The largest absolute Gasteiger partial charge is 0.469 e. The molecule has 1 aliphatic rings. The molecule has 0 aliphatic carbocycles. The fourth-order valence-corrected chi connectivity index (χ4v) is 4.22. The van der Waals surface area contributed by atoms with Gasteiger partial charge in [0, 0.05) is 11.8 Å². The van der Waals surface area contributed by atoms with Crippen molar-refractivity contribution in [2.24, 2.45) is 16.3 Å². The van der Waals surface area contributed by atoms with Crippen LogP contribution >= 0.6 is 7.60 Å². The number of rotatable bonds is 7. The van der Waals surface area contributed by atoms with Crippen molar-refractivity contribution in [2.45, 2.75) is 46.8 Å². The minimum atomic E-state index is -3.53. The van der Waals surface area contributed by atoms with Crippen molar-refractivity contribution in [3.05, 3.63) is 0 Å². The second kappa shape index (κ2) is 7.69. The Kier molecular flexibility index (Phi) is 6.69. The zero-order valence-electron chi connectivity index (χ0n) is 14.6. The Morgan fingerprint density at radius 3 is 2.13 bits per heavy atom. The number of carbonyl (C=O) groups is 2. The van der Waals surface area contributed by atoms with Gasteiger partial charge in [-0.1, -0.05) is 20.8 Å². The van der Waals surface area contributed by atoms with Gasteiger partial charge in [-0.3, -0.25) is 19.1 Å². The second-order valence-corrected chi connectivity index (χ2v) is 8.45. The van der Waals surface area contributed by atoms with Crippen LogP contribution in [0.2, 0.25) is 0 Å². The summed E-state index contributed by atoms with van der Waals surface area (Å²) in [6.07, 6.45) is 0.0844. The first-order chi connectivity index (χ1) is 10.6. The van der Waals surface area contributed by atoms with Gasteiger partial charge in [-0.15, -0.1) is 0 Å². The first-order valence-electron chi connectivity index (χ1n) is 7.69. The van der Waals surface area contributed by atoms with E-state index in [-0.39, 0.29) is 31.1 Å². The number of aliphatic imine (C=N–C) groups is 1. The monoisotopic (exact) mass is 347 g/mol. The van der Waals surface area contributed by atoms with E-state index in [0.29, 0.717) is 0 Å². The number of Topliss-reactive ketones (excluding diaryl/α,β-unsaturated/α-hetero) is 1. The van der Waals surface area contributed by atoms with Crippen molar-refractivity contribution in [3.63, 3.8) is 0 Å². The van der Waals surface area contributed by atoms with Crippen LogP contribution in [0.4, 0.5) is 0 Å². The standard InChI is InChI=1S/C15H26NO6P/c1-7-21-23(19,22-8-2)11-9-10(14(18)20-6)12(16-11)13(17)15(3,4)5/h10-11H,7-9H2,1-6H3. The third-order valence-electron chi connectivity index (χ3n) is 3.45. The number of hydrogen-bond acceptors (Lipinski definition) is 7. The number of ether oxygens (including phenoxy) is 1. The fraction of sp³-hybridized carbons (Fsp3) is 0.800. The van der Waals surface area contributed by atoms with Crippen LogP contribution in [-0.4, -0.2) is 43.6 Å². The number of esters is 1. The lowest BCUT2D eigenvalue weighted by molar-refractivity contribution is -0.143. The van der Waals surface area contributed by atoms with Crippen LogP contribution < -0.4 is 0 Å². The number of nitrogens with zero attached hydrogens (tertiary/aromatic N) is 1. The normalized spacial score (nSPS) is 21.9. The number of hydrogen-bond donors (Lipinski definition) is 0. The van der Waals surface area contributed by atoms with Crippen molar-refractivity contribution in [2.75, 3.05) is 20.3 Å². The average Bonchev–Trinajstić information content (AvgIpc) is 2.90. The molecule has 1 aliphatic heterocycles. The van der Waals surface area contributed by atoms with Crippen molar-refractivity contribution in [1.29, 1.82) is 0 Å². The smallest absolute Gasteiger partial charge is 0.354 e. The van der Waals surface area contributed by atoms with Gasteiger partial charge < -0.3 is 13.8 Å². The molecule has 0 aromatic heterocycles. The summed E-state index contributed by atoms with van der Waals surface area (Å²) < 4.78 is 28.2. The van der Waals surface area contributed by atoms with E-state index in [9.17, 15) is 14.2 Å². The molecular formula is C15H26NO6P. The molecule has 7 nitrogen and oxygen atoms in total. The molecule has 0 bridgehead atoms. The van der Waals surface area contributed by atoms with E-state index in [1.165, 1.54) is 7.11 Å².